The van der Waals surface area contributed by atoms with Crippen LogP contribution < -0.4 is 22.5 Å². The molecule has 7 N–H and O–H groups in total. The number of nitrogens with one attached hydrogen (secondary N) is 1. The van der Waals surface area contributed by atoms with Crippen LogP contribution in [0.25, 0.3) is 11.2 Å². The predicted octanol–water partition coefficient (Wildman–Crippen LogP) is -1.64. The van der Waals surface area contributed by atoms with Gasteiger partial charge in [0, 0.05) is 6.54 Å². The fraction of sp³-hybridized carbons (Fsp3) is 0.529. The number of carbonyl (C=O) groups is 3. The van der Waals surface area contributed by atoms with Crippen LogP contribution in [0.1, 0.15) is 26.2 Å². The van der Waals surface area contributed by atoms with Crippen LogP contribution in [0.2, 0.25) is 0 Å². The molecular formula is C17H27N9O3. The SMILES string of the molecule is CCN(CC(=O)NC(CCCCN)C(N)=O)C(=O)Cn1cnc2c(N)ncnc21. The summed E-state index contributed by atoms with van der Waals surface area (Å²) in [5, 5.41) is 2.59. The summed E-state index contributed by atoms with van der Waals surface area (Å²) in [6.45, 7) is 2.30. The summed E-state index contributed by atoms with van der Waals surface area (Å²) in [7, 11) is 0. The van der Waals surface area contributed by atoms with Crippen LogP contribution >= 0.6 is 0 Å². The van der Waals surface area contributed by atoms with Gasteiger partial charge in [-0.25, -0.2) is 15.0 Å². The number of likely N-dealkylation sites (N-methyl/N-ethyl adjacent to an activating group) is 1. The van der Waals surface area contributed by atoms with Gasteiger partial charge in [-0.15, -0.1) is 0 Å². The highest BCUT2D eigenvalue weighted by atomic mass is 16.2. The van der Waals surface area contributed by atoms with Crippen LogP contribution in [0.15, 0.2) is 12.7 Å². The average Bonchev–Trinajstić information content (AvgIpc) is 3.09. The van der Waals surface area contributed by atoms with Crippen LogP contribution in [-0.4, -0.2) is 67.8 Å². The summed E-state index contributed by atoms with van der Waals surface area (Å²) in [6.07, 6.45) is 4.54. The fourth-order valence-corrected chi connectivity index (χ4v) is 2.83. The smallest absolute Gasteiger partial charge is 0.243 e. The molecule has 3 amide bonds. The first-order chi connectivity index (χ1) is 13.9. The van der Waals surface area contributed by atoms with Crippen LogP contribution in [0, 0.1) is 0 Å². The first-order valence-electron chi connectivity index (χ1n) is 9.35. The van der Waals surface area contributed by atoms with Gasteiger partial charge in [0.1, 0.15) is 24.4 Å². The Morgan fingerprint density at radius 2 is 2.00 bits per heavy atom. The Morgan fingerprint density at radius 3 is 2.66 bits per heavy atom. The summed E-state index contributed by atoms with van der Waals surface area (Å²) in [5.74, 6) is -1.16. The monoisotopic (exact) mass is 405 g/mol. The molecule has 2 rings (SSSR count). The van der Waals surface area contributed by atoms with E-state index in [0.29, 0.717) is 37.1 Å². The number of fused-ring (bicyclic) bond motifs is 1. The largest absolute Gasteiger partial charge is 0.382 e. The Morgan fingerprint density at radius 1 is 1.24 bits per heavy atom. The van der Waals surface area contributed by atoms with E-state index in [-0.39, 0.29) is 24.8 Å². The van der Waals surface area contributed by atoms with Crippen molar-refractivity contribution < 1.29 is 14.4 Å². The van der Waals surface area contributed by atoms with E-state index in [2.05, 4.69) is 20.3 Å². The molecule has 0 fully saturated rings. The number of unbranched alkanes of at least 4 members (excludes halogenated alkanes) is 1. The summed E-state index contributed by atoms with van der Waals surface area (Å²) >= 11 is 0. The highest BCUT2D eigenvalue weighted by Gasteiger charge is 2.22. The summed E-state index contributed by atoms with van der Waals surface area (Å²) in [6, 6.07) is -0.792. The number of hydrogen-bond acceptors (Lipinski definition) is 8. The van der Waals surface area contributed by atoms with Gasteiger partial charge in [-0.2, -0.15) is 0 Å². The van der Waals surface area contributed by atoms with Crippen LogP contribution in [0.3, 0.4) is 0 Å². The van der Waals surface area contributed by atoms with E-state index >= 15 is 0 Å². The van der Waals surface area contributed by atoms with Gasteiger partial charge in [0.05, 0.1) is 12.9 Å². The lowest BCUT2D eigenvalue weighted by molar-refractivity contribution is -0.137. The van der Waals surface area contributed by atoms with Crippen molar-refractivity contribution in [2.45, 2.75) is 38.8 Å². The number of nitrogen functional groups attached to an aromatic ring is 1. The normalized spacial score (nSPS) is 11.9. The van der Waals surface area contributed by atoms with Gasteiger partial charge in [0.2, 0.25) is 17.7 Å². The molecule has 12 nitrogen and oxygen atoms in total. The molecule has 29 heavy (non-hydrogen) atoms. The van der Waals surface area contributed by atoms with Gasteiger partial charge in [-0.1, -0.05) is 0 Å². The van der Waals surface area contributed by atoms with E-state index in [9.17, 15) is 14.4 Å². The molecule has 0 aliphatic carbocycles. The van der Waals surface area contributed by atoms with Crippen molar-refractivity contribution in [2.75, 3.05) is 25.4 Å². The molecule has 0 aliphatic heterocycles. The Balaban J connectivity index is 1.98. The molecule has 0 bridgehead atoms. The third-order valence-electron chi connectivity index (χ3n) is 4.43. The quantitative estimate of drug-likeness (QED) is 0.320. The van der Waals surface area contributed by atoms with E-state index < -0.39 is 17.9 Å². The number of anilines is 1. The number of hydrogen-bond donors (Lipinski definition) is 4. The van der Waals surface area contributed by atoms with Crippen LogP contribution in [0.5, 0.6) is 0 Å². The Labute approximate surface area is 167 Å². The van der Waals surface area contributed by atoms with E-state index in [1.54, 1.807) is 6.92 Å². The number of imidazole rings is 1. The lowest BCUT2D eigenvalue weighted by atomic mass is 10.1. The fourth-order valence-electron chi connectivity index (χ4n) is 2.83. The first-order valence-corrected chi connectivity index (χ1v) is 9.35. The van der Waals surface area contributed by atoms with Gasteiger partial charge in [-0.05, 0) is 32.7 Å². The molecule has 1 unspecified atom stereocenters. The maximum Gasteiger partial charge on any atom is 0.243 e. The minimum Gasteiger partial charge on any atom is -0.382 e. The molecule has 0 saturated carbocycles. The number of nitrogens with zero attached hydrogens (tertiary/aromatic N) is 5. The zero-order valence-corrected chi connectivity index (χ0v) is 16.4. The molecule has 0 radical (unpaired) electrons. The van der Waals surface area contributed by atoms with Crippen LogP contribution in [-0.2, 0) is 20.9 Å². The van der Waals surface area contributed by atoms with Gasteiger partial charge in [-0.3, -0.25) is 14.4 Å². The number of aromatic nitrogens is 4. The van der Waals surface area contributed by atoms with E-state index in [1.165, 1.54) is 22.1 Å². The number of primary amides is 1. The molecule has 0 spiro atoms. The number of amides is 3. The molecule has 0 aromatic carbocycles. The molecule has 0 saturated heterocycles. The summed E-state index contributed by atoms with van der Waals surface area (Å²) in [4.78, 5) is 50.0. The average molecular weight is 405 g/mol. The Hall–Kier alpha value is -3.28. The van der Waals surface area contributed by atoms with Gasteiger partial charge >= 0.3 is 0 Å². The van der Waals surface area contributed by atoms with E-state index in [0.717, 1.165) is 6.42 Å². The third-order valence-corrected chi connectivity index (χ3v) is 4.43. The minimum absolute atomic E-state index is 0.0657. The predicted molar refractivity (Wildman–Crippen MR) is 106 cm³/mol. The number of carbonyl (C=O) groups excluding carboxylic acids is 3. The summed E-state index contributed by atoms with van der Waals surface area (Å²) < 4.78 is 1.54. The van der Waals surface area contributed by atoms with Crippen molar-refractivity contribution in [2.24, 2.45) is 11.5 Å². The van der Waals surface area contributed by atoms with Crippen molar-refractivity contribution in [1.82, 2.24) is 29.7 Å². The van der Waals surface area contributed by atoms with Crippen molar-refractivity contribution in [3.05, 3.63) is 12.7 Å². The zero-order valence-electron chi connectivity index (χ0n) is 16.4. The molecule has 2 aromatic rings. The molecular weight excluding hydrogens is 378 g/mol. The Bertz CT molecular complexity index is 867. The molecule has 2 heterocycles. The second-order valence-electron chi connectivity index (χ2n) is 6.52. The molecule has 12 heteroatoms. The third kappa shape index (κ3) is 5.85. The highest BCUT2D eigenvalue weighted by Crippen LogP contribution is 2.14. The van der Waals surface area contributed by atoms with Crippen LogP contribution in [0.4, 0.5) is 5.82 Å². The highest BCUT2D eigenvalue weighted by molar-refractivity contribution is 5.90. The second kappa shape index (κ2) is 10.3. The maximum absolute atomic E-state index is 12.7. The number of rotatable bonds is 11. The Kier molecular flexibility index (Phi) is 7.83. The van der Waals surface area contributed by atoms with Gasteiger partial charge in [0.25, 0.3) is 0 Å². The van der Waals surface area contributed by atoms with Gasteiger partial charge < -0.3 is 32.0 Å². The van der Waals surface area contributed by atoms with Crippen molar-refractivity contribution >= 4 is 34.7 Å². The van der Waals surface area contributed by atoms with E-state index in [1.807, 2.05) is 0 Å². The minimum atomic E-state index is -0.792. The molecule has 0 aliphatic rings. The topological polar surface area (TPSA) is 188 Å². The first kappa shape index (κ1) is 22.0. The molecule has 2 aromatic heterocycles. The summed E-state index contributed by atoms with van der Waals surface area (Å²) in [5.41, 5.74) is 17.4. The maximum atomic E-state index is 12.7. The molecule has 1 atom stereocenters. The zero-order chi connectivity index (χ0) is 21.4. The van der Waals surface area contributed by atoms with Crippen molar-refractivity contribution in [3.63, 3.8) is 0 Å². The standard InChI is InChI=1S/C17H27N9O3/c1-2-25(7-12(27)24-11(16(20)29)5-3-4-6-18)13(28)8-26-10-23-14-15(19)21-9-22-17(14)26/h9-11H,2-8,18H2,1H3,(H2,20,29)(H,24,27)(H2,19,21,22). The number of nitrogens with two attached hydrogens (primary N) is 3. The van der Waals surface area contributed by atoms with Crippen molar-refractivity contribution in [1.29, 1.82) is 0 Å². The van der Waals surface area contributed by atoms with E-state index in [4.69, 9.17) is 17.2 Å². The second-order valence-corrected chi connectivity index (χ2v) is 6.52. The lowest BCUT2D eigenvalue weighted by Gasteiger charge is -2.22. The van der Waals surface area contributed by atoms with Gasteiger partial charge in [0.15, 0.2) is 11.5 Å². The van der Waals surface area contributed by atoms with Crippen molar-refractivity contribution in [3.8, 4) is 0 Å². The molecule has 158 valence electrons. The lowest BCUT2D eigenvalue weighted by Crippen LogP contribution is -2.49.